The second-order valence-electron chi connectivity index (χ2n) is 3.49. The molecule has 1 aromatic carbocycles. The summed E-state index contributed by atoms with van der Waals surface area (Å²) in [5.74, 6) is -0.602. The number of Topliss-reactive ketones (excluding diaryl/α,β-unsaturated/α-hetero) is 1. The van der Waals surface area contributed by atoms with E-state index in [1.807, 2.05) is 0 Å². The standard InChI is InChI=1S/C12H10N2O2/c1-7(15)8-3-2-4-10-9(8)5-6-11(14-10)12(13)16/h2-6H,1H3,(H2,13,16). The predicted octanol–water partition coefficient (Wildman–Crippen LogP) is 1.54. The molecule has 2 N–H and O–H groups in total. The first-order valence-corrected chi connectivity index (χ1v) is 4.80. The van der Waals surface area contributed by atoms with Gasteiger partial charge in [-0.05, 0) is 25.1 Å². The van der Waals surface area contributed by atoms with Gasteiger partial charge in [0, 0.05) is 10.9 Å². The van der Waals surface area contributed by atoms with E-state index >= 15 is 0 Å². The average molecular weight is 214 g/mol. The number of rotatable bonds is 2. The van der Waals surface area contributed by atoms with Gasteiger partial charge in [0.1, 0.15) is 5.69 Å². The van der Waals surface area contributed by atoms with E-state index in [0.29, 0.717) is 11.1 Å². The molecule has 0 fully saturated rings. The number of aromatic nitrogens is 1. The third kappa shape index (κ3) is 1.65. The molecule has 16 heavy (non-hydrogen) atoms. The quantitative estimate of drug-likeness (QED) is 0.770. The number of benzene rings is 1. The van der Waals surface area contributed by atoms with Crippen LogP contribution in [0.3, 0.4) is 0 Å². The normalized spacial score (nSPS) is 10.3. The maximum absolute atomic E-state index is 11.4. The van der Waals surface area contributed by atoms with Gasteiger partial charge in [-0.1, -0.05) is 12.1 Å². The summed E-state index contributed by atoms with van der Waals surface area (Å²) in [6.45, 7) is 1.50. The maximum atomic E-state index is 11.4. The second kappa shape index (κ2) is 3.73. The molecule has 80 valence electrons. The van der Waals surface area contributed by atoms with Gasteiger partial charge in [0.15, 0.2) is 5.78 Å². The number of amides is 1. The number of nitrogens with two attached hydrogens (primary N) is 1. The lowest BCUT2D eigenvalue weighted by molar-refractivity contribution is 0.0993. The fraction of sp³-hybridized carbons (Fsp3) is 0.0833. The minimum atomic E-state index is -0.574. The number of carbonyl (C=O) groups excluding carboxylic acids is 2. The van der Waals surface area contributed by atoms with Crippen molar-refractivity contribution >= 4 is 22.6 Å². The topological polar surface area (TPSA) is 73.1 Å². The largest absolute Gasteiger partial charge is 0.364 e. The summed E-state index contributed by atoms with van der Waals surface area (Å²) < 4.78 is 0. The first-order chi connectivity index (χ1) is 7.59. The molecule has 2 aromatic rings. The van der Waals surface area contributed by atoms with Gasteiger partial charge in [0.05, 0.1) is 5.52 Å². The van der Waals surface area contributed by atoms with Crippen LogP contribution in [-0.4, -0.2) is 16.7 Å². The van der Waals surface area contributed by atoms with E-state index in [1.54, 1.807) is 24.3 Å². The van der Waals surface area contributed by atoms with Crippen LogP contribution in [0, 0.1) is 0 Å². The number of pyridine rings is 1. The molecule has 0 saturated carbocycles. The molecule has 0 atom stereocenters. The molecule has 0 unspecified atom stereocenters. The van der Waals surface area contributed by atoms with Gasteiger partial charge in [-0.2, -0.15) is 0 Å². The summed E-state index contributed by atoms with van der Waals surface area (Å²) in [5, 5.41) is 0.736. The number of hydrogen-bond acceptors (Lipinski definition) is 3. The Kier molecular flexibility index (Phi) is 2.40. The second-order valence-corrected chi connectivity index (χ2v) is 3.49. The zero-order chi connectivity index (χ0) is 11.7. The van der Waals surface area contributed by atoms with Crippen molar-refractivity contribution in [3.05, 3.63) is 41.6 Å². The highest BCUT2D eigenvalue weighted by Gasteiger charge is 2.08. The Labute approximate surface area is 92.1 Å². The van der Waals surface area contributed by atoms with Crippen LogP contribution in [0.5, 0.6) is 0 Å². The fourth-order valence-electron chi connectivity index (χ4n) is 1.60. The number of nitrogens with zero attached hydrogens (tertiary/aromatic N) is 1. The van der Waals surface area contributed by atoms with E-state index in [1.165, 1.54) is 13.0 Å². The van der Waals surface area contributed by atoms with Crippen molar-refractivity contribution in [1.82, 2.24) is 4.98 Å². The van der Waals surface area contributed by atoms with Crippen molar-refractivity contribution in [1.29, 1.82) is 0 Å². The van der Waals surface area contributed by atoms with Crippen molar-refractivity contribution in [2.45, 2.75) is 6.92 Å². The minimum absolute atomic E-state index is 0.0285. The van der Waals surface area contributed by atoms with Gasteiger partial charge < -0.3 is 5.73 Å². The van der Waals surface area contributed by atoms with E-state index in [0.717, 1.165) is 5.39 Å². The molecule has 0 saturated heterocycles. The van der Waals surface area contributed by atoms with Gasteiger partial charge in [-0.25, -0.2) is 4.98 Å². The molecule has 0 aliphatic heterocycles. The number of hydrogen-bond donors (Lipinski definition) is 1. The monoisotopic (exact) mass is 214 g/mol. The third-order valence-electron chi connectivity index (χ3n) is 2.36. The molecule has 0 aliphatic carbocycles. The van der Waals surface area contributed by atoms with Crippen LogP contribution in [0.2, 0.25) is 0 Å². The molecule has 4 heteroatoms. The Morgan fingerprint density at radius 3 is 2.56 bits per heavy atom. The molecule has 0 radical (unpaired) electrons. The Bertz CT molecular complexity index is 591. The maximum Gasteiger partial charge on any atom is 0.267 e. The lowest BCUT2D eigenvalue weighted by Gasteiger charge is -2.03. The van der Waals surface area contributed by atoms with Crippen LogP contribution in [0.15, 0.2) is 30.3 Å². The molecule has 0 aliphatic rings. The molecule has 4 nitrogen and oxygen atoms in total. The molecule has 0 bridgehead atoms. The third-order valence-corrected chi connectivity index (χ3v) is 2.36. The van der Waals surface area contributed by atoms with Crippen LogP contribution in [-0.2, 0) is 0 Å². The Hall–Kier alpha value is -2.23. The Balaban J connectivity index is 2.73. The van der Waals surface area contributed by atoms with Crippen LogP contribution >= 0.6 is 0 Å². The highest BCUT2D eigenvalue weighted by molar-refractivity contribution is 6.06. The van der Waals surface area contributed by atoms with Crippen LogP contribution < -0.4 is 5.73 Å². The van der Waals surface area contributed by atoms with Crippen LogP contribution in [0.4, 0.5) is 0 Å². The SMILES string of the molecule is CC(=O)c1cccc2nc(C(N)=O)ccc12. The molecular weight excluding hydrogens is 204 g/mol. The Morgan fingerprint density at radius 1 is 1.19 bits per heavy atom. The van der Waals surface area contributed by atoms with Gasteiger partial charge in [-0.15, -0.1) is 0 Å². The summed E-state index contributed by atoms with van der Waals surface area (Å²) >= 11 is 0. The highest BCUT2D eigenvalue weighted by atomic mass is 16.1. The van der Waals surface area contributed by atoms with Crippen molar-refractivity contribution in [3.8, 4) is 0 Å². The number of ketones is 1. The first-order valence-electron chi connectivity index (χ1n) is 4.80. The van der Waals surface area contributed by atoms with Crippen LogP contribution in [0.1, 0.15) is 27.8 Å². The van der Waals surface area contributed by atoms with Crippen molar-refractivity contribution in [2.75, 3.05) is 0 Å². The number of primary amides is 1. The lowest BCUT2D eigenvalue weighted by Crippen LogP contribution is -2.12. The van der Waals surface area contributed by atoms with E-state index in [4.69, 9.17) is 5.73 Å². The molecular formula is C12H10N2O2. The van der Waals surface area contributed by atoms with Crippen molar-refractivity contribution in [2.24, 2.45) is 5.73 Å². The van der Waals surface area contributed by atoms with Crippen molar-refractivity contribution in [3.63, 3.8) is 0 Å². The van der Waals surface area contributed by atoms with Crippen LogP contribution in [0.25, 0.3) is 10.9 Å². The van der Waals surface area contributed by atoms with Gasteiger partial charge in [-0.3, -0.25) is 9.59 Å². The van der Waals surface area contributed by atoms with Gasteiger partial charge in [0.25, 0.3) is 5.91 Å². The zero-order valence-electron chi connectivity index (χ0n) is 8.73. The highest BCUT2D eigenvalue weighted by Crippen LogP contribution is 2.17. The predicted molar refractivity (Wildman–Crippen MR) is 60.3 cm³/mol. The van der Waals surface area contributed by atoms with E-state index < -0.39 is 5.91 Å². The summed E-state index contributed by atoms with van der Waals surface area (Å²) in [7, 11) is 0. The lowest BCUT2D eigenvalue weighted by atomic mass is 10.1. The minimum Gasteiger partial charge on any atom is -0.364 e. The summed E-state index contributed by atoms with van der Waals surface area (Å²) in [6.07, 6.45) is 0. The van der Waals surface area contributed by atoms with Crippen molar-refractivity contribution < 1.29 is 9.59 Å². The zero-order valence-corrected chi connectivity index (χ0v) is 8.73. The molecule has 1 amide bonds. The number of fused-ring (bicyclic) bond motifs is 1. The summed E-state index contributed by atoms with van der Waals surface area (Å²) in [5.41, 5.74) is 6.54. The molecule has 1 heterocycles. The molecule has 0 spiro atoms. The van der Waals surface area contributed by atoms with Gasteiger partial charge >= 0.3 is 0 Å². The van der Waals surface area contributed by atoms with Gasteiger partial charge in [0.2, 0.25) is 0 Å². The average Bonchev–Trinajstić information content (AvgIpc) is 2.27. The van der Waals surface area contributed by atoms with E-state index in [2.05, 4.69) is 4.98 Å². The smallest absolute Gasteiger partial charge is 0.267 e. The first kappa shape index (κ1) is 10.3. The summed E-state index contributed by atoms with van der Waals surface area (Å²) in [4.78, 5) is 26.4. The van der Waals surface area contributed by atoms with E-state index in [9.17, 15) is 9.59 Å². The molecule has 1 aromatic heterocycles. The Morgan fingerprint density at radius 2 is 1.94 bits per heavy atom. The molecule has 2 rings (SSSR count). The van der Waals surface area contributed by atoms with E-state index in [-0.39, 0.29) is 11.5 Å². The number of carbonyl (C=O) groups is 2. The summed E-state index contributed by atoms with van der Waals surface area (Å²) in [6, 6.07) is 8.43. The fourth-order valence-corrected chi connectivity index (χ4v) is 1.60.